The van der Waals surface area contributed by atoms with Gasteiger partial charge in [0.25, 0.3) is 0 Å². The van der Waals surface area contributed by atoms with Crippen molar-refractivity contribution in [2.45, 2.75) is 48.8 Å². The van der Waals surface area contributed by atoms with Crippen LogP contribution in [0, 0.1) is 0 Å². The molecule has 0 radical (unpaired) electrons. The summed E-state index contributed by atoms with van der Waals surface area (Å²) in [6.07, 6.45) is 3.33. The van der Waals surface area contributed by atoms with Gasteiger partial charge in [0.15, 0.2) is 0 Å². The third-order valence-corrected chi connectivity index (χ3v) is 8.22. The molecule has 3 fully saturated rings. The van der Waals surface area contributed by atoms with Crippen molar-refractivity contribution in [3.8, 4) is 5.75 Å². The quantitative estimate of drug-likeness (QED) is 0.692. The molecule has 0 aliphatic carbocycles. The van der Waals surface area contributed by atoms with Gasteiger partial charge in [0.2, 0.25) is 10.0 Å². The van der Waals surface area contributed by atoms with E-state index in [2.05, 4.69) is 9.64 Å². The topological polar surface area (TPSA) is 68.3 Å². The third-order valence-electron chi connectivity index (χ3n) is 6.31. The minimum atomic E-state index is -3.69. The summed E-state index contributed by atoms with van der Waals surface area (Å²) in [6.45, 7) is 1.78. The van der Waals surface area contributed by atoms with E-state index in [1.807, 2.05) is 0 Å². The Morgan fingerprint density at radius 3 is 2.33 bits per heavy atom. The molecule has 10 heteroatoms. The van der Waals surface area contributed by atoms with Crippen LogP contribution in [0.4, 0.5) is 8.78 Å². The van der Waals surface area contributed by atoms with E-state index in [0.29, 0.717) is 38.6 Å². The molecular weight excluding hydrogens is 418 g/mol. The maximum Gasteiger partial charge on any atom is 0.387 e. The second-order valence-corrected chi connectivity index (χ2v) is 10.0. The second kappa shape index (κ2) is 9.04. The molecule has 1 aromatic carbocycles. The number of hydrogen-bond donors (Lipinski definition) is 0. The molecular formula is C20H28F2N2O5S. The van der Waals surface area contributed by atoms with Gasteiger partial charge in [0.1, 0.15) is 5.75 Å². The van der Waals surface area contributed by atoms with Crippen LogP contribution in [-0.2, 0) is 19.5 Å². The molecule has 3 aliphatic rings. The average Bonchev–Trinajstić information content (AvgIpc) is 2.75. The number of piperidine rings is 1. The van der Waals surface area contributed by atoms with E-state index in [0.717, 1.165) is 39.1 Å². The van der Waals surface area contributed by atoms with Crippen LogP contribution in [0.2, 0.25) is 0 Å². The largest absolute Gasteiger partial charge is 0.435 e. The number of sulfonamides is 1. The van der Waals surface area contributed by atoms with Crippen molar-refractivity contribution in [3.63, 3.8) is 0 Å². The molecule has 4 rings (SSSR count). The van der Waals surface area contributed by atoms with Crippen molar-refractivity contribution in [2.24, 2.45) is 0 Å². The molecule has 3 saturated heterocycles. The molecule has 0 bridgehead atoms. The number of ether oxygens (including phenoxy) is 3. The van der Waals surface area contributed by atoms with E-state index in [1.165, 1.54) is 28.6 Å². The molecule has 3 heterocycles. The van der Waals surface area contributed by atoms with Gasteiger partial charge in [0.05, 0.1) is 17.1 Å². The Bertz CT molecular complexity index is 807. The molecule has 168 valence electrons. The van der Waals surface area contributed by atoms with Gasteiger partial charge in [-0.3, -0.25) is 4.90 Å². The Morgan fingerprint density at radius 1 is 1.03 bits per heavy atom. The monoisotopic (exact) mass is 446 g/mol. The lowest BCUT2D eigenvalue weighted by atomic mass is 9.89. The smallest absolute Gasteiger partial charge is 0.387 e. The summed E-state index contributed by atoms with van der Waals surface area (Å²) < 4.78 is 67.9. The standard InChI is InChI=1S/C20H28F2N2O5S/c21-19(22)29-17-1-3-18(4-2-17)30(25,26)24-9-7-20(8-10-24)15-23(11-14-28-20)16-5-12-27-13-6-16/h1-4,16,19H,5-15H2. The van der Waals surface area contributed by atoms with Crippen LogP contribution in [-0.4, -0.2) is 81.9 Å². The van der Waals surface area contributed by atoms with Gasteiger partial charge in [-0.05, 0) is 49.9 Å². The first-order chi connectivity index (χ1) is 14.4. The van der Waals surface area contributed by atoms with Crippen LogP contribution in [0.3, 0.4) is 0 Å². The molecule has 0 aromatic heterocycles. The fraction of sp³-hybridized carbons (Fsp3) is 0.700. The highest BCUT2D eigenvalue weighted by Crippen LogP contribution is 2.34. The SMILES string of the molecule is O=S(=O)(c1ccc(OC(F)F)cc1)N1CCC2(CC1)CN(C1CCOCC1)CCO2. The first-order valence-corrected chi connectivity index (χ1v) is 11.8. The molecule has 0 unspecified atom stereocenters. The summed E-state index contributed by atoms with van der Waals surface area (Å²) in [7, 11) is -3.69. The Balaban J connectivity index is 1.38. The van der Waals surface area contributed by atoms with Crippen molar-refractivity contribution in [2.75, 3.05) is 46.0 Å². The van der Waals surface area contributed by atoms with Gasteiger partial charge in [-0.25, -0.2) is 8.42 Å². The maximum absolute atomic E-state index is 13.0. The zero-order valence-corrected chi connectivity index (χ0v) is 17.7. The Morgan fingerprint density at radius 2 is 1.70 bits per heavy atom. The molecule has 30 heavy (non-hydrogen) atoms. The zero-order valence-electron chi connectivity index (χ0n) is 16.8. The van der Waals surface area contributed by atoms with Gasteiger partial charge in [-0.2, -0.15) is 13.1 Å². The summed E-state index contributed by atoms with van der Waals surface area (Å²) >= 11 is 0. The summed E-state index contributed by atoms with van der Waals surface area (Å²) in [6, 6.07) is 5.62. The van der Waals surface area contributed by atoms with Crippen molar-refractivity contribution in [1.82, 2.24) is 9.21 Å². The van der Waals surface area contributed by atoms with E-state index in [-0.39, 0.29) is 16.2 Å². The maximum atomic E-state index is 13.0. The van der Waals surface area contributed by atoms with Gasteiger partial charge in [-0.1, -0.05) is 0 Å². The first-order valence-electron chi connectivity index (χ1n) is 10.4. The van der Waals surface area contributed by atoms with E-state index < -0.39 is 16.6 Å². The Kier molecular flexibility index (Phi) is 6.59. The van der Waals surface area contributed by atoms with Crippen LogP contribution in [0.15, 0.2) is 29.2 Å². The van der Waals surface area contributed by atoms with Crippen molar-refractivity contribution in [1.29, 1.82) is 0 Å². The number of nitrogens with zero attached hydrogens (tertiary/aromatic N) is 2. The number of morpholine rings is 1. The zero-order chi connectivity index (χ0) is 21.2. The number of halogens is 2. The Labute approximate surface area is 175 Å². The first kappa shape index (κ1) is 21.9. The van der Waals surface area contributed by atoms with E-state index in [4.69, 9.17) is 9.47 Å². The summed E-state index contributed by atoms with van der Waals surface area (Å²) in [5.41, 5.74) is -0.308. The lowest BCUT2D eigenvalue weighted by Crippen LogP contribution is -2.59. The highest BCUT2D eigenvalue weighted by Gasteiger charge is 2.43. The minimum absolute atomic E-state index is 0.0645. The molecule has 1 aromatic rings. The van der Waals surface area contributed by atoms with Gasteiger partial charge in [-0.15, -0.1) is 0 Å². The summed E-state index contributed by atoms with van der Waals surface area (Å²) in [5.74, 6) is -0.0645. The predicted molar refractivity (Wildman–Crippen MR) is 105 cm³/mol. The lowest BCUT2D eigenvalue weighted by Gasteiger charge is -2.49. The third kappa shape index (κ3) is 4.77. The summed E-state index contributed by atoms with van der Waals surface area (Å²) in [5, 5.41) is 0. The number of benzene rings is 1. The van der Waals surface area contributed by atoms with Gasteiger partial charge < -0.3 is 14.2 Å². The molecule has 0 atom stereocenters. The van der Waals surface area contributed by atoms with E-state index in [1.54, 1.807) is 0 Å². The second-order valence-electron chi connectivity index (χ2n) is 8.10. The lowest BCUT2D eigenvalue weighted by molar-refractivity contribution is -0.144. The predicted octanol–water partition coefficient (Wildman–Crippen LogP) is 2.32. The number of hydrogen-bond acceptors (Lipinski definition) is 6. The number of alkyl halides is 2. The number of rotatable bonds is 5. The molecule has 1 spiro atoms. The van der Waals surface area contributed by atoms with Crippen LogP contribution in [0.1, 0.15) is 25.7 Å². The summed E-state index contributed by atoms with van der Waals surface area (Å²) in [4.78, 5) is 2.56. The van der Waals surface area contributed by atoms with Crippen LogP contribution < -0.4 is 4.74 Å². The van der Waals surface area contributed by atoms with E-state index >= 15 is 0 Å². The van der Waals surface area contributed by atoms with Crippen LogP contribution >= 0.6 is 0 Å². The highest BCUT2D eigenvalue weighted by atomic mass is 32.2. The molecule has 0 N–H and O–H groups in total. The fourth-order valence-electron chi connectivity index (χ4n) is 4.61. The fourth-order valence-corrected chi connectivity index (χ4v) is 6.06. The van der Waals surface area contributed by atoms with E-state index in [9.17, 15) is 17.2 Å². The Hall–Kier alpha value is -1.33. The molecule has 0 saturated carbocycles. The molecule has 3 aliphatic heterocycles. The van der Waals surface area contributed by atoms with Crippen LogP contribution in [0.5, 0.6) is 5.75 Å². The molecule has 7 nitrogen and oxygen atoms in total. The minimum Gasteiger partial charge on any atom is -0.435 e. The van der Waals surface area contributed by atoms with Crippen molar-refractivity contribution >= 4 is 10.0 Å². The highest BCUT2D eigenvalue weighted by molar-refractivity contribution is 7.89. The molecule has 0 amide bonds. The van der Waals surface area contributed by atoms with Gasteiger partial charge in [0, 0.05) is 45.4 Å². The average molecular weight is 447 g/mol. The van der Waals surface area contributed by atoms with Gasteiger partial charge >= 0.3 is 6.61 Å². The van der Waals surface area contributed by atoms with Crippen molar-refractivity contribution in [3.05, 3.63) is 24.3 Å². The van der Waals surface area contributed by atoms with Crippen LogP contribution in [0.25, 0.3) is 0 Å². The normalized spacial score (nSPS) is 24.4. The van der Waals surface area contributed by atoms with Crippen molar-refractivity contribution < 1.29 is 31.4 Å².